The summed E-state index contributed by atoms with van der Waals surface area (Å²) in [6.07, 6.45) is 3.38. The summed E-state index contributed by atoms with van der Waals surface area (Å²) in [6.45, 7) is 0. The summed E-state index contributed by atoms with van der Waals surface area (Å²) >= 11 is 1.73. The number of thioether (sulfide) groups is 1. The maximum atomic E-state index is 11.4. The summed E-state index contributed by atoms with van der Waals surface area (Å²) in [5.41, 5.74) is -1.28. The number of fused-ring (bicyclic) bond motifs is 1. The van der Waals surface area contributed by atoms with Crippen LogP contribution in [0.15, 0.2) is 18.2 Å². The Labute approximate surface area is 158 Å². The molecule has 0 spiro atoms. The van der Waals surface area contributed by atoms with Crippen molar-refractivity contribution in [2.75, 3.05) is 5.75 Å². The number of hydrogen-bond donors (Lipinski definition) is 2. The molecule has 2 N–H and O–H groups in total. The molecule has 11 heteroatoms. The second kappa shape index (κ2) is 7.91. The summed E-state index contributed by atoms with van der Waals surface area (Å²) in [5, 5.41) is 28.3. The molecule has 10 nitrogen and oxygen atoms in total. The van der Waals surface area contributed by atoms with Gasteiger partial charge in [-0.1, -0.05) is 18.6 Å². The lowest BCUT2D eigenvalue weighted by molar-refractivity contribution is -0.423. The number of para-hydroxylation sites is 1. The van der Waals surface area contributed by atoms with Gasteiger partial charge in [0.15, 0.2) is 0 Å². The van der Waals surface area contributed by atoms with E-state index in [4.69, 9.17) is 0 Å². The first-order valence-corrected chi connectivity index (χ1v) is 9.45. The van der Waals surface area contributed by atoms with Gasteiger partial charge in [-0.25, -0.2) is 4.79 Å². The van der Waals surface area contributed by atoms with Crippen LogP contribution >= 0.6 is 11.8 Å². The van der Waals surface area contributed by atoms with Gasteiger partial charge < -0.3 is 10.6 Å². The van der Waals surface area contributed by atoms with E-state index in [0.717, 1.165) is 11.8 Å². The molecule has 1 aromatic carbocycles. The Morgan fingerprint density at radius 1 is 1.26 bits per heavy atom. The van der Waals surface area contributed by atoms with Gasteiger partial charge in [0.2, 0.25) is 6.29 Å². The van der Waals surface area contributed by atoms with E-state index in [0.29, 0.717) is 19.3 Å². The third-order valence-electron chi connectivity index (χ3n) is 4.86. The lowest BCUT2D eigenvalue weighted by Crippen LogP contribution is -2.36. The van der Waals surface area contributed by atoms with Gasteiger partial charge in [0.25, 0.3) is 0 Å². The number of benzene rings is 1. The molecule has 0 bridgehead atoms. The Morgan fingerprint density at radius 2 is 2.04 bits per heavy atom. The predicted octanol–water partition coefficient (Wildman–Crippen LogP) is 2.03. The van der Waals surface area contributed by atoms with Crippen LogP contribution < -0.4 is 10.6 Å². The summed E-state index contributed by atoms with van der Waals surface area (Å²) in [7, 11) is 0. The number of nitro benzene ring substituents is 2. The monoisotopic (exact) mass is 393 g/mol. The number of urea groups is 1. The van der Waals surface area contributed by atoms with E-state index >= 15 is 0 Å². The minimum Gasteiger partial charge on any atom is -0.332 e. The maximum absolute atomic E-state index is 11.4. The van der Waals surface area contributed by atoms with Crippen LogP contribution in [0, 0.1) is 20.2 Å². The van der Waals surface area contributed by atoms with Crippen LogP contribution in [0.1, 0.15) is 30.7 Å². The minimum atomic E-state index is -0.913. The van der Waals surface area contributed by atoms with Crippen LogP contribution in [-0.4, -0.2) is 45.3 Å². The van der Waals surface area contributed by atoms with Crippen molar-refractivity contribution in [3.05, 3.63) is 44.0 Å². The van der Waals surface area contributed by atoms with Gasteiger partial charge in [-0.2, -0.15) is 11.8 Å². The van der Waals surface area contributed by atoms with E-state index in [1.54, 1.807) is 18.0 Å². The van der Waals surface area contributed by atoms with Crippen LogP contribution in [-0.2, 0) is 4.79 Å². The fourth-order valence-corrected chi connectivity index (χ4v) is 5.16. The van der Waals surface area contributed by atoms with E-state index in [2.05, 4.69) is 10.6 Å². The number of carbonyl (C=O) groups is 1. The zero-order valence-electron chi connectivity index (χ0n) is 14.1. The lowest BCUT2D eigenvalue weighted by Gasteiger charge is -2.17. The summed E-state index contributed by atoms with van der Waals surface area (Å²) < 4.78 is 0. The van der Waals surface area contributed by atoms with Gasteiger partial charge in [0.1, 0.15) is 0 Å². The highest BCUT2D eigenvalue weighted by Gasteiger charge is 2.42. The van der Waals surface area contributed by atoms with Crippen LogP contribution in [0.25, 0.3) is 0 Å². The van der Waals surface area contributed by atoms with Crippen molar-refractivity contribution in [3.63, 3.8) is 0 Å². The molecule has 2 amide bonds. The molecule has 143 valence electrons. The van der Waals surface area contributed by atoms with E-state index < -0.39 is 27.1 Å². The Hall–Kier alpha value is -2.69. The van der Waals surface area contributed by atoms with Gasteiger partial charge in [-0.15, -0.1) is 0 Å². The third kappa shape index (κ3) is 3.87. The Balaban J connectivity index is 1.68. The molecule has 2 aliphatic heterocycles. The fraction of sp³-hybridized carbons (Fsp3) is 0.500. The smallest absolute Gasteiger partial charge is 0.332 e. The Kier molecular flexibility index (Phi) is 5.59. The van der Waals surface area contributed by atoms with Crippen molar-refractivity contribution in [1.82, 2.24) is 10.6 Å². The first-order chi connectivity index (χ1) is 12.9. The average molecular weight is 393 g/mol. The molecule has 2 fully saturated rings. The molecule has 2 aliphatic rings. The molecular formula is C16H17N4O6S. The molecule has 2 heterocycles. The molecule has 2 saturated heterocycles. The first-order valence-electron chi connectivity index (χ1n) is 8.40. The summed E-state index contributed by atoms with van der Waals surface area (Å²) in [5.74, 6) is -0.1000. The molecule has 0 aromatic heterocycles. The van der Waals surface area contributed by atoms with Crippen LogP contribution in [0.2, 0.25) is 0 Å². The van der Waals surface area contributed by atoms with Crippen molar-refractivity contribution in [1.29, 1.82) is 0 Å². The molecule has 3 rings (SSSR count). The Bertz CT molecular complexity index is 788. The highest BCUT2D eigenvalue weighted by molar-refractivity contribution is 8.00. The first kappa shape index (κ1) is 19.1. The highest BCUT2D eigenvalue weighted by atomic mass is 32.2. The number of carbonyl (C=O) groups excluding carboxylic acids is 2. The number of amides is 2. The van der Waals surface area contributed by atoms with Crippen molar-refractivity contribution in [2.45, 2.75) is 42.5 Å². The largest absolute Gasteiger partial charge is 0.349 e. The zero-order chi connectivity index (χ0) is 19.6. The van der Waals surface area contributed by atoms with Crippen LogP contribution in [0.4, 0.5) is 16.2 Å². The van der Waals surface area contributed by atoms with Gasteiger partial charge in [-0.3, -0.25) is 25.0 Å². The van der Waals surface area contributed by atoms with Crippen molar-refractivity contribution in [3.8, 4) is 0 Å². The van der Waals surface area contributed by atoms with Gasteiger partial charge in [0.05, 0.1) is 27.8 Å². The quantitative estimate of drug-likeness (QED) is 0.390. The van der Waals surface area contributed by atoms with Crippen molar-refractivity contribution in [2.24, 2.45) is 0 Å². The van der Waals surface area contributed by atoms with E-state index in [1.165, 1.54) is 12.1 Å². The number of hydrogen-bond acceptors (Lipinski definition) is 7. The van der Waals surface area contributed by atoms with Crippen LogP contribution in [0.5, 0.6) is 0 Å². The number of nitrogens with zero attached hydrogens (tertiary/aromatic N) is 2. The standard InChI is InChI=1S/C16H17N4O6S/c21-7-9(10-4-2-5-12(19(23)24)15(10)20(25)26)3-1-6-13-14-11(8-27-13)17-16(22)18-14/h2,4-5,9,11,13-14H,1,3,6,8H2,(H2,17,18,22)/t9?,11-,13-,14-/m0/s1. The molecule has 1 unspecified atom stereocenters. The van der Waals surface area contributed by atoms with Crippen molar-refractivity contribution >= 4 is 35.5 Å². The maximum Gasteiger partial charge on any atom is 0.349 e. The molecule has 0 saturated carbocycles. The summed E-state index contributed by atoms with van der Waals surface area (Å²) in [6, 6.07) is 3.70. The Morgan fingerprint density at radius 3 is 2.70 bits per heavy atom. The average Bonchev–Trinajstić information content (AvgIpc) is 3.17. The molecule has 1 radical (unpaired) electrons. The number of rotatable bonds is 8. The topological polar surface area (TPSA) is 144 Å². The SMILES string of the molecule is O=[C]C(CCC[C@@H]1SC[C@@H]2NC(=O)N[C@@H]21)c1cccc([N+](=O)[O-])c1[N+](=O)[O-]. The van der Waals surface area contributed by atoms with Crippen molar-refractivity contribution < 1.29 is 19.4 Å². The van der Waals surface area contributed by atoms with Crippen LogP contribution in [0.3, 0.4) is 0 Å². The molecule has 0 aliphatic carbocycles. The zero-order valence-corrected chi connectivity index (χ0v) is 14.9. The van der Waals surface area contributed by atoms with E-state index in [9.17, 15) is 29.8 Å². The predicted molar refractivity (Wildman–Crippen MR) is 97.5 cm³/mol. The second-order valence-electron chi connectivity index (χ2n) is 6.45. The molecule has 1 aromatic rings. The number of nitrogens with one attached hydrogen (secondary N) is 2. The summed E-state index contributed by atoms with van der Waals surface area (Å²) in [4.78, 5) is 43.6. The molecule has 27 heavy (non-hydrogen) atoms. The fourth-order valence-electron chi connectivity index (χ4n) is 3.62. The molecular weight excluding hydrogens is 376 g/mol. The third-order valence-corrected chi connectivity index (χ3v) is 6.37. The minimum absolute atomic E-state index is 0.0111. The highest BCUT2D eigenvalue weighted by Crippen LogP contribution is 2.38. The van der Waals surface area contributed by atoms with E-state index in [-0.39, 0.29) is 28.9 Å². The van der Waals surface area contributed by atoms with E-state index in [1.807, 2.05) is 0 Å². The lowest BCUT2D eigenvalue weighted by atomic mass is 9.91. The van der Waals surface area contributed by atoms with Gasteiger partial charge >= 0.3 is 17.4 Å². The van der Waals surface area contributed by atoms with Gasteiger partial charge in [-0.05, 0) is 12.8 Å². The number of nitro groups is 2. The second-order valence-corrected chi connectivity index (χ2v) is 7.72. The van der Waals surface area contributed by atoms with Gasteiger partial charge in [0, 0.05) is 22.6 Å². The molecule has 4 atom stereocenters. The normalized spacial score (nSPS) is 24.6.